The van der Waals surface area contributed by atoms with Crippen LogP contribution in [0.2, 0.25) is 0 Å². The molecule has 0 aromatic heterocycles. The number of carboxylic acid groups (broad SMARTS) is 1. The van der Waals surface area contributed by atoms with Gasteiger partial charge in [-0.1, -0.05) is 13.8 Å². The van der Waals surface area contributed by atoms with Crippen LogP contribution >= 0.6 is 0 Å². The van der Waals surface area contributed by atoms with E-state index in [4.69, 9.17) is 9.84 Å². The molecule has 0 aromatic carbocycles. The Kier molecular flexibility index (Phi) is 7.34. The average Bonchev–Trinajstić information content (AvgIpc) is 2.21. The Bertz CT molecular complexity index is 206. The molecule has 0 fully saturated rings. The first kappa shape index (κ1) is 15.4. The molecular weight excluding hydrogens is 206 g/mol. The van der Waals surface area contributed by atoms with E-state index >= 15 is 0 Å². The molecule has 0 aromatic rings. The van der Waals surface area contributed by atoms with Gasteiger partial charge in [0.25, 0.3) is 0 Å². The summed E-state index contributed by atoms with van der Waals surface area (Å²) in [6.07, 6.45) is -0.136. The molecule has 0 aliphatic heterocycles. The average molecular weight is 231 g/mol. The molecule has 4 heteroatoms. The number of ether oxygens (including phenoxy) is 1. The van der Waals surface area contributed by atoms with Crippen LogP contribution in [0.5, 0.6) is 0 Å². The lowest BCUT2D eigenvalue weighted by Gasteiger charge is -2.28. The van der Waals surface area contributed by atoms with Crippen LogP contribution in [0.3, 0.4) is 0 Å². The Balaban J connectivity index is 4.05. The van der Waals surface area contributed by atoms with Crippen molar-refractivity contribution in [1.82, 2.24) is 4.90 Å². The summed E-state index contributed by atoms with van der Waals surface area (Å²) < 4.78 is 5.17. The highest BCUT2D eigenvalue weighted by Gasteiger charge is 2.20. The minimum Gasteiger partial charge on any atom is -0.479 e. The lowest BCUT2D eigenvalue weighted by atomic mass is 10.0. The summed E-state index contributed by atoms with van der Waals surface area (Å²) in [4.78, 5) is 13.0. The van der Waals surface area contributed by atoms with Crippen molar-refractivity contribution in [1.29, 1.82) is 0 Å². The molecule has 0 spiro atoms. The number of hydrogen-bond donors (Lipinski definition) is 1. The first-order chi connectivity index (χ1) is 7.40. The molecule has 2 atom stereocenters. The van der Waals surface area contributed by atoms with Crippen molar-refractivity contribution < 1.29 is 14.6 Å². The molecule has 16 heavy (non-hydrogen) atoms. The summed E-state index contributed by atoms with van der Waals surface area (Å²) in [5, 5.41) is 8.92. The Morgan fingerprint density at radius 2 is 1.94 bits per heavy atom. The second-order valence-corrected chi connectivity index (χ2v) is 4.54. The number of rotatable bonds is 8. The molecule has 0 radical (unpaired) electrons. The van der Waals surface area contributed by atoms with Crippen LogP contribution in [0.4, 0.5) is 0 Å². The van der Waals surface area contributed by atoms with E-state index in [1.54, 1.807) is 0 Å². The third-order valence-corrected chi connectivity index (χ3v) is 3.05. The number of carbonyl (C=O) groups is 1. The third kappa shape index (κ3) is 5.47. The van der Waals surface area contributed by atoms with Gasteiger partial charge in [-0.2, -0.15) is 0 Å². The van der Waals surface area contributed by atoms with Gasteiger partial charge in [-0.25, -0.2) is 4.79 Å². The van der Waals surface area contributed by atoms with Gasteiger partial charge in [-0.3, -0.25) is 0 Å². The molecule has 4 nitrogen and oxygen atoms in total. The highest BCUT2D eigenvalue weighted by molar-refractivity contribution is 5.72. The Labute approximate surface area is 98.6 Å². The predicted molar refractivity (Wildman–Crippen MR) is 64.6 cm³/mol. The molecule has 0 aliphatic rings. The maximum Gasteiger partial charge on any atom is 0.332 e. The molecule has 0 bridgehead atoms. The van der Waals surface area contributed by atoms with E-state index in [2.05, 4.69) is 25.7 Å². The fraction of sp³-hybridized carbons (Fsp3) is 0.917. The Morgan fingerprint density at radius 1 is 1.38 bits per heavy atom. The quantitative estimate of drug-likeness (QED) is 0.692. The molecular formula is C12H25NO3. The first-order valence-electron chi connectivity index (χ1n) is 5.94. The SMILES string of the molecule is CCOC(CCN(C)C(C)C(C)C)C(=O)O. The van der Waals surface area contributed by atoms with E-state index < -0.39 is 12.1 Å². The van der Waals surface area contributed by atoms with E-state index in [0.717, 1.165) is 6.54 Å². The molecule has 96 valence electrons. The van der Waals surface area contributed by atoms with Gasteiger partial charge >= 0.3 is 5.97 Å². The fourth-order valence-corrected chi connectivity index (χ4v) is 1.51. The predicted octanol–water partition coefficient (Wildman–Crippen LogP) is 1.84. The van der Waals surface area contributed by atoms with Gasteiger partial charge in [0.2, 0.25) is 0 Å². The zero-order chi connectivity index (χ0) is 12.7. The summed E-state index contributed by atoms with van der Waals surface area (Å²) in [6, 6.07) is 0.455. The zero-order valence-electron chi connectivity index (χ0n) is 11.1. The largest absolute Gasteiger partial charge is 0.479 e. The summed E-state index contributed by atoms with van der Waals surface area (Å²) in [5.74, 6) is -0.298. The van der Waals surface area contributed by atoms with Gasteiger partial charge in [0, 0.05) is 19.2 Å². The molecule has 0 saturated carbocycles. The van der Waals surface area contributed by atoms with Crippen molar-refractivity contribution in [2.24, 2.45) is 5.92 Å². The normalized spacial score (nSPS) is 15.4. The summed E-state index contributed by atoms with van der Waals surface area (Å²) in [5.41, 5.74) is 0. The molecule has 0 rings (SSSR count). The van der Waals surface area contributed by atoms with Crippen LogP contribution < -0.4 is 0 Å². The molecule has 0 amide bonds. The molecule has 2 unspecified atom stereocenters. The van der Waals surface area contributed by atoms with E-state index in [9.17, 15) is 4.79 Å². The molecule has 0 aliphatic carbocycles. The molecule has 0 saturated heterocycles. The number of aliphatic carboxylic acids is 1. The van der Waals surface area contributed by atoms with Gasteiger partial charge in [-0.05, 0) is 33.2 Å². The summed E-state index contributed by atoms with van der Waals surface area (Å²) in [7, 11) is 2.02. The van der Waals surface area contributed by atoms with Crippen molar-refractivity contribution in [2.75, 3.05) is 20.2 Å². The van der Waals surface area contributed by atoms with Crippen LogP contribution in [0.25, 0.3) is 0 Å². The third-order valence-electron chi connectivity index (χ3n) is 3.05. The zero-order valence-corrected chi connectivity index (χ0v) is 11.1. The van der Waals surface area contributed by atoms with E-state index in [1.807, 2.05) is 14.0 Å². The number of hydrogen-bond acceptors (Lipinski definition) is 3. The smallest absolute Gasteiger partial charge is 0.332 e. The van der Waals surface area contributed by atoms with Gasteiger partial charge in [0.1, 0.15) is 0 Å². The highest BCUT2D eigenvalue weighted by Crippen LogP contribution is 2.10. The van der Waals surface area contributed by atoms with Crippen LogP contribution in [-0.2, 0) is 9.53 Å². The van der Waals surface area contributed by atoms with Crippen LogP contribution in [0.1, 0.15) is 34.1 Å². The standard InChI is InChI=1S/C12H25NO3/c1-6-16-11(12(14)15)7-8-13(5)10(4)9(2)3/h9-11H,6-8H2,1-5H3,(H,14,15). The van der Waals surface area contributed by atoms with Crippen molar-refractivity contribution in [3.63, 3.8) is 0 Å². The van der Waals surface area contributed by atoms with Crippen molar-refractivity contribution in [3.8, 4) is 0 Å². The van der Waals surface area contributed by atoms with Crippen LogP contribution in [0, 0.1) is 5.92 Å². The van der Waals surface area contributed by atoms with Crippen LogP contribution in [0.15, 0.2) is 0 Å². The Morgan fingerprint density at radius 3 is 2.31 bits per heavy atom. The molecule has 0 heterocycles. The van der Waals surface area contributed by atoms with E-state index in [-0.39, 0.29) is 0 Å². The van der Waals surface area contributed by atoms with E-state index in [0.29, 0.717) is 25.0 Å². The second-order valence-electron chi connectivity index (χ2n) is 4.54. The van der Waals surface area contributed by atoms with Crippen molar-refractivity contribution >= 4 is 5.97 Å². The van der Waals surface area contributed by atoms with Crippen LogP contribution in [-0.4, -0.2) is 48.3 Å². The fourth-order valence-electron chi connectivity index (χ4n) is 1.51. The van der Waals surface area contributed by atoms with Gasteiger partial charge in [-0.15, -0.1) is 0 Å². The monoisotopic (exact) mass is 231 g/mol. The summed E-state index contributed by atoms with van der Waals surface area (Å²) >= 11 is 0. The van der Waals surface area contributed by atoms with Gasteiger partial charge < -0.3 is 14.7 Å². The minimum atomic E-state index is -0.868. The van der Waals surface area contributed by atoms with Crippen molar-refractivity contribution in [2.45, 2.75) is 46.3 Å². The number of nitrogens with zero attached hydrogens (tertiary/aromatic N) is 1. The lowest BCUT2D eigenvalue weighted by Crippen LogP contribution is -2.37. The van der Waals surface area contributed by atoms with Gasteiger partial charge in [0.15, 0.2) is 6.10 Å². The molecule has 1 N–H and O–H groups in total. The Hall–Kier alpha value is -0.610. The van der Waals surface area contributed by atoms with Crippen molar-refractivity contribution in [3.05, 3.63) is 0 Å². The minimum absolute atomic E-state index is 0.445. The first-order valence-corrected chi connectivity index (χ1v) is 5.94. The van der Waals surface area contributed by atoms with E-state index in [1.165, 1.54) is 0 Å². The second kappa shape index (κ2) is 7.63. The topological polar surface area (TPSA) is 49.8 Å². The maximum atomic E-state index is 10.9. The van der Waals surface area contributed by atoms with Gasteiger partial charge in [0.05, 0.1) is 0 Å². The number of carboxylic acids is 1. The lowest BCUT2D eigenvalue weighted by molar-refractivity contribution is -0.150. The highest BCUT2D eigenvalue weighted by atomic mass is 16.5. The maximum absolute atomic E-state index is 10.9. The summed E-state index contributed by atoms with van der Waals surface area (Å²) in [6.45, 7) is 9.49.